The minimum atomic E-state index is -0.832. The second-order valence-electron chi connectivity index (χ2n) is 3.78. The van der Waals surface area contributed by atoms with E-state index in [1.807, 2.05) is 4.90 Å². The van der Waals surface area contributed by atoms with Gasteiger partial charge in [0.1, 0.15) is 0 Å². The maximum absolute atomic E-state index is 11.5. The summed E-state index contributed by atoms with van der Waals surface area (Å²) in [4.78, 5) is 25.4. The van der Waals surface area contributed by atoms with Crippen LogP contribution in [0.1, 0.15) is 6.92 Å². The average molecular weight is 215 g/mol. The maximum Gasteiger partial charge on any atom is 0.317 e. The third-order valence-corrected chi connectivity index (χ3v) is 2.43. The Morgan fingerprint density at radius 3 is 2.27 bits per heavy atom. The largest absolute Gasteiger partial charge is 0.480 e. The number of carbonyl (C=O) groups excluding carboxylic acids is 1. The zero-order chi connectivity index (χ0) is 11.4. The van der Waals surface area contributed by atoms with Crippen molar-refractivity contribution >= 4 is 11.9 Å². The van der Waals surface area contributed by atoms with Crippen LogP contribution in [0.3, 0.4) is 0 Å². The van der Waals surface area contributed by atoms with E-state index in [1.165, 1.54) is 0 Å². The summed E-state index contributed by atoms with van der Waals surface area (Å²) in [6.45, 7) is 4.03. The summed E-state index contributed by atoms with van der Waals surface area (Å²) in [5, 5.41) is 8.59. The monoisotopic (exact) mass is 215 g/mol. The van der Waals surface area contributed by atoms with Crippen molar-refractivity contribution < 1.29 is 14.7 Å². The summed E-state index contributed by atoms with van der Waals surface area (Å²) in [7, 11) is 0. The van der Waals surface area contributed by atoms with E-state index in [0.717, 1.165) is 0 Å². The van der Waals surface area contributed by atoms with E-state index < -0.39 is 12.0 Å². The number of aliphatic carboxylic acids is 1. The molecule has 0 spiro atoms. The molecule has 0 radical (unpaired) electrons. The standard InChI is InChI=1S/C9H17N3O3/c1-7(10)9(15)12-4-2-11(3-5-12)6-8(13)14/h7H,2-6,10H2,1H3,(H,13,14)/t7-/m0/s1. The molecule has 1 amide bonds. The Bertz CT molecular complexity index is 247. The number of hydrogen-bond acceptors (Lipinski definition) is 4. The van der Waals surface area contributed by atoms with Gasteiger partial charge in [-0.2, -0.15) is 0 Å². The summed E-state index contributed by atoms with van der Waals surface area (Å²) < 4.78 is 0. The van der Waals surface area contributed by atoms with Crippen molar-refractivity contribution in [2.45, 2.75) is 13.0 Å². The third kappa shape index (κ3) is 3.49. The molecule has 1 atom stereocenters. The van der Waals surface area contributed by atoms with Crippen molar-refractivity contribution in [3.05, 3.63) is 0 Å². The first-order chi connectivity index (χ1) is 7.00. The Balaban J connectivity index is 2.35. The Kier molecular flexibility index (Phi) is 4.05. The lowest BCUT2D eigenvalue weighted by molar-refractivity contribution is -0.139. The van der Waals surface area contributed by atoms with Crippen molar-refractivity contribution in [2.24, 2.45) is 5.73 Å². The summed E-state index contributed by atoms with van der Waals surface area (Å²) in [6.07, 6.45) is 0. The normalized spacial score (nSPS) is 20.0. The molecule has 0 bridgehead atoms. The molecule has 1 heterocycles. The fraction of sp³-hybridized carbons (Fsp3) is 0.778. The zero-order valence-electron chi connectivity index (χ0n) is 8.85. The van der Waals surface area contributed by atoms with Crippen molar-refractivity contribution in [3.8, 4) is 0 Å². The zero-order valence-corrected chi connectivity index (χ0v) is 8.85. The predicted octanol–water partition coefficient (Wildman–Crippen LogP) is -1.44. The lowest BCUT2D eigenvalue weighted by Gasteiger charge is -2.34. The summed E-state index contributed by atoms with van der Waals surface area (Å²) in [5.41, 5.74) is 5.48. The Morgan fingerprint density at radius 2 is 1.87 bits per heavy atom. The first-order valence-electron chi connectivity index (χ1n) is 4.99. The van der Waals surface area contributed by atoms with E-state index in [4.69, 9.17) is 10.8 Å². The quantitative estimate of drug-likeness (QED) is 0.602. The number of hydrogen-bond donors (Lipinski definition) is 2. The van der Waals surface area contributed by atoms with E-state index in [9.17, 15) is 9.59 Å². The number of piperazine rings is 1. The Morgan fingerprint density at radius 1 is 1.33 bits per heavy atom. The predicted molar refractivity (Wildman–Crippen MR) is 54.3 cm³/mol. The molecule has 1 rings (SSSR count). The maximum atomic E-state index is 11.5. The highest BCUT2D eigenvalue weighted by Crippen LogP contribution is 2.02. The van der Waals surface area contributed by atoms with Crippen LogP contribution in [0.2, 0.25) is 0 Å². The fourth-order valence-corrected chi connectivity index (χ4v) is 1.61. The SMILES string of the molecule is C[C@H](N)C(=O)N1CCN(CC(=O)O)CC1. The second-order valence-corrected chi connectivity index (χ2v) is 3.78. The van der Waals surface area contributed by atoms with E-state index >= 15 is 0 Å². The van der Waals surface area contributed by atoms with Crippen LogP contribution >= 0.6 is 0 Å². The number of carboxylic acid groups (broad SMARTS) is 1. The number of carboxylic acids is 1. The van der Waals surface area contributed by atoms with Crippen LogP contribution in [-0.4, -0.2) is 65.5 Å². The van der Waals surface area contributed by atoms with Crippen LogP contribution in [0.4, 0.5) is 0 Å². The molecule has 0 saturated carbocycles. The minimum absolute atomic E-state index is 0.0419. The molecule has 1 saturated heterocycles. The van der Waals surface area contributed by atoms with Crippen LogP contribution in [0.15, 0.2) is 0 Å². The highest BCUT2D eigenvalue weighted by atomic mass is 16.4. The average Bonchev–Trinajstić information content (AvgIpc) is 2.17. The van der Waals surface area contributed by atoms with Gasteiger partial charge in [0.2, 0.25) is 5.91 Å². The smallest absolute Gasteiger partial charge is 0.317 e. The van der Waals surface area contributed by atoms with Gasteiger partial charge in [0.15, 0.2) is 0 Å². The van der Waals surface area contributed by atoms with Gasteiger partial charge in [-0.05, 0) is 6.92 Å². The van der Waals surface area contributed by atoms with Gasteiger partial charge in [-0.1, -0.05) is 0 Å². The van der Waals surface area contributed by atoms with E-state index in [-0.39, 0.29) is 12.5 Å². The number of carbonyl (C=O) groups is 2. The van der Waals surface area contributed by atoms with Gasteiger partial charge in [0.25, 0.3) is 0 Å². The van der Waals surface area contributed by atoms with Crippen molar-refractivity contribution in [1.82, 2.24) is 9.80 Å². The van der Waals surface area contributed by atoms with Gasteiger partial charge >= 0.3 is 5.97 Å². The molecule has 6 heteroatoms. The highest BCUT2D eigenvalue weighted by molar-refractivity contribution is 5.81. The number of amides is 1. The third-order valence-electron chi connectivity index (χ3n) is 2.43. The van der Waals surface area contributed by atoms with Crippen LogP contribution in [-0.2, 0) is 9.59 Å². The van der Waals surface area contributed by atoms with Gasteiger partial charge < -0.3 is 15.7 Å². The van der Waals surface area contributed by atoms with E-state index in [1.54, 1.807) is 11.8 Å². The van der Waals surface area contributed by atoms with E-state index in [0.29, 0.717) is 26.2 Å². The lowest BCUT2D eigenvalue weighted by atomic mass is 10.2. The molecule has 3 N–H and O–H groups in total. The van der Waals surface area contributed by atoms with Crippen molar-refractivity contribution in [2.75, 3.05) is 32.7 Å². The van der Waals surface area contributed by atoms with Gasteiger partial charge in [0, 0.05) is 26.2 Å². The first-order valence-corrected chi connectivity index (χ1v) is 4.99. The molecule has 86 valence electrons. The molecule has 1 aliphatic heterocycles. The topological polar surface area (TPSA) is 86.9 Å². The molecular weight excluding hydrogens is 198 g/mol. The second kappa shape index (κ2) is 5.09. The van der Waals surface area contributed by atoms with Crippen molar-refractivity contribution in [1.29, 1.82) is 0 Å². The molecule has 0 aromatic heterocycles. The van der Waals surface area contributed by atoms with E-state index in [2.05, 4.69) is 0 Å². The Hall–Kier alpha value is -1.14. The first kappa shape index (κ1) is 11.9. The molecule has 0 aliphatic carbocycles. The van der Waals surface area contributed by atoms with Gasteiger partial charge in [0.05, 0.1) is 12.6 Å². The molecule has 1 aliphatic rings. The highest BCUT2D eigenvalue weighted by Gasteiger charge is 2.23. The summed E-state index contributed by atoms with van der Waals surface area (Å²) in [5.74, 6) is -0.896. The van der Waals surface area contributed by atoms with Crippen LogP contribution < -0.4 is 5.73 Å². The molecule has 0 aromatic carbocycles. The summed E-state index contributed by atoms with van der Waals surface area (Å²) in [6, 6.07) is -0.476. The Labute approximate surface area is 88.6 Å². The molecule has 15 heavy (non-hydrogen) atoms. The van der Waals surface area contributed by atoms with Crippen LogP contribution in [0.5, 0.6) is 0 Å². The fourth-order valence-electron chi connectivity index (χ4n) is 1.61. The molecule has 0 unspecified atom stereocenters. The minimum Gasteiger partial charge on any atom is -0.480 e. The van der Waals surface area contributed by atoms with Gasteiger partial charge in [-0.15, -0.1) is 0 Å². The summed E-state index contributed by atoms with van der Waals surface area (Å²) >= 11 is 0. The van der Waals surface area contributed by atoms with Crippen LogP contribution in [0, 0.1) is 0 Å². The van der Waals surface area contributed by atoms with Crippen LogP contribution in [0.25, 0.3) is 0 Å². The number of nitrogens with two attached hydrogens (primary N) is 1. The van der Waals surface area contributed by atoms with Crippen molar-refractivity contribution in [3.63, 3.8) is 0 Å². The lowest BCUT2D eigenvalue weighted by Crippen LogP contribution is -2.53. The number of nitrogens with zero attached hydrogens (tertiary/aromatic N) is 2. The molecular formula is C9H17N3O3. The molecule has 0 aromatic rings. The number of rotatable bonds is 3. The van der Waals surface area contributed by atoms with Gasteiger partial charge in [-0.3, -0.25) is 14.5 Å². The molecule has 6 nitrogen and oxygen atoms in total. The van der Waals surface area contributed by atoms with Gasteiger partial charge in [-0.25, -0.2) is 0 Å². The molecule has 1 fully saturated rings.